The summed E-state index contributed by atoms with van der Waals surface area (Å²) in [5.74, 6) is -0.812. The van der Waals surface area contributed by atoms with Gasteiger partial charge in [-0.3, -0.25) is 4.79 Å². The molecule has 0 saturated carbocycles. The third-order valence-electron chi connectivity index (χ3n) is 2.94. The van der Waals surface area contributed by atoms with Crippen molar-refractivity contribution in [1.82, 2.24) is 0 Å². The second-order valence-corrected chi connectivity index (χ2v) is 5.27. The summed E-state index contributed by atoms with van der Waals surface area (Å²) < 4.78 is 14.3. The Hall–Kier alpha value is -1.88. The Morgan fingerprint density at radius 2 is 1.85 bits per heavy atom. The largest absolute Gasteiger partial charge is 0.388 e. The van der Waals surface area contributed by atoms with E-state index >= 15 is 0 Å². The van der Waals surface area contributed by atoms with E-state index in [2.05, 4.69) is 26.6 Å². The van der Waals surface area contributed by atoms with Crippen LogP contribution in [0, 0.1) is 12.7 Å². The smallest absolute Gasteiger partial charge is 0.255 e. The molecule has 0 bridgehead atoms. The lowest BCUT2D eigenvalue weighted by Gasteiger charge is -2.09. The van der Waals surface area contributed by atoms with Crippen molar-refractivity contribution in [2.24, 2.45) is 0 Å². The second-order valence-electron chi connectivity index (χ2n) is 4.36. The minimum Gasteiger partial charge on any atom is -0.388 e. The summed E-state index contributed by atoms with van der Waals surface area (Å²) in [6.07, 6.45) is 0. The molecule has 0 aliphatic heterocycles. The van der Waals surface area contributed by atoms with Gasteiger partial charge in [0.2, 0.25) is 0 Å². The van der Waals surface area contributed by atoms with Gasteiger partial charge in [0, 0.05) is 22.8 Å². The van der Waals surface area contributed by atoms with Crippen LogP contribution in [0.3, 0.4) is 0 Å². The van der Waals surface area contributed by atoms with Gasteiger partial charge in [-0.2, -0.15) is 0 Å². The van der Waals surface area contributed by atoms with Gasteiger partial charge in [-0.25, -0.2) is 4.39 Å². The highest BCUT2D eigenvalue weighted by Gasteiger charge is 2.10. The molecule has 0 atom stereocenters. The van der Waals surface area contributed by atoms with Crippen molar-refractivity contribution in [3.05, 3.63) is 57.8 Å². The minimum absolute atomic E-state index is 0.161. The summed E-state index contributed by atoms with van der Waals surface area (Å²) in [5.41, 5.74) is 2.56. The third kappa shape index (κ3) is 3.17. The molecule has 104 valence electrons. The van der Waals surface area contributed by atoms with E-state index in [1.165, 1.54) is 12.1 Å². The standard InChI is InChI=1S/C15H14BrFN2O/c1-9-7-10(3-5-13(9)18-2)15(20)19-14-6-4-11(16)8-12(14)17/h3-8,18H,1-2H3,(H,19,20). The molecule has 5 heteroatoms. The maximum absolute atomic E-state index is 13.7. The Bertz CT molecular complexity index is 658. The van der Waals surface area contributed by atoms with Crippen molar-refractivity contribution in [3.63, 3.8) is 0 Å². The van der Waals surface area contributed by atoms with Crippen LogP contribution in [0.15, 0.2) is 40.9 Å². The number of carbonyl (C=O) groups excluding carboxylic acids is 1. The van der Waals surface area contributed by atoms with Crippen molar-refractivity contribution < 1.29 is 9.18 Å². The van der Waals surface area contributed by atoms with Crippen LogP contribution in [-0.2, 0) is 0 Å². The number of aryl methyl sites for hydroxylation is 1. The predicted molar refractivity (Wildman–Crippen MR) is 82.8 cm³/mol. The van der Waals surface area contributed by atoms with E-state index in [0.717, 1.165) is 11.3 Å². The molecule has 2 rings (SSSR count). The molecular weight excluding hydrogens is 323 g/mol. The van der Waals surface area contributed by atoms with E-state index in [-0.39, 0.29) is 11.6 Å². The van der Waals surface area contributed by atoms with Gasteiger partial charge in [0.25, 0.3) is 5.91 Å². The molecule has 0 radical (unpaired) electrons. The molecule has 2 aromatic rings. The molecule has 0 saturated heterocycles. The number of nitrogens with one attached hydrogen (secondary N) is 2. The summed E-state index contributed by atoms with van der Waals surface area (Å²) in [6, 6.07) is 9.79. The van der Waals surface area contributed by atoms with Crippen LogP contribution < -0.4 is 10.6 Å². The Balaban J connectivity index is 2.21. The van der Waals surface area contributed by atoms with Gasteiger partial charge >= 0.3 is 0 Å². The number of benzene rings is 2. The average Bonchev–Trinajstić information content (AvgIpc) is 2.41. The lowest BCUT2D eigenvalue weighted by atomic mass is 10.1. The highest BCUT2D eigenvalue weighted by atomic mass is 79.9. The zero-order chi connectivity index (χ0) is 14.7. The molecule has 0 heterocycles. The number of carbonyl (C=O) groups is 1. The summed E-state index contributed by atoms with van der Waals surface area (Å²) in [7, 11) is 1.82. The fourth-order valence-electron chi connectivity index (χ4n) is 1.87. The summed E-state index contributed by atoms with van der Waals surface area (Å²) in [5, 5.41) is 5.59. The summed E-state index contributed by atoms with van der Waals surface area (Å²) in [6.45, 7) is 1.91. The second kappa shape index (κ2) is 6.05. The van der Waals surface area contributed by atoms with E-state index in [0.29, 0.717) is 10.0 Å². The number of amides is 1. The van der Waals surface area contributed by atoms with E-state index in [1.807, 2.05) is 20.0 Å². The number of hydrogen-bond acceptors (Lipinski definition) is 2. The first-order valence-corrected chi connectivity index (χ1v) is 6.85. The molecular formula is C15H14BrFN2O. The van der Waals surface area contributed by atoms with Gasteiger partial charge in [-0.05, 0) is 48.9 Å². The molecule has 0 unspecified atom stereocenters. The van der Waals surface area contributed by atoms with Crippen LogP contribution in [0.1, 0.15) is 15.9 Å². The zero-order valence-corrected chi connectivity index (χ0v) is 12.7. The lowest BCUT2D eigenvalue weighted by Crippen LogP contribution is -2.13. The van der Waals surface area contributed by atoms with Crippen LogP contribution in [0.25, 0.3) is 0 Å². The fourth-order valence-corrected chi connectivity index (χ4v) is 2.20. The average molecular weight is 337 g/mol. The quantitative estimate of drug-likeness (QED) is 0.882. The van der Waals surface area contributed by atoms with E-state index in [4.69, 9.17) is 0 Å². The molecule has 2 aromatic carbocycles. The van der Waals surface area contributed by atoms with E-state index in [1.54, 1.807) is 18.2 Å². The summed E-state index contributed by atoms with van der Waals surface area (Å²) >= 11 is 3.17. The fraction of sp³-hybridized carbons (Fsp3) is 0.133. The Morgan fingerprint density at radius 1 is 1.15 bits per heavy atom. The Labute approximate surface area is 125 Å². The molecule has 0 spiro atoms. The van der Waals surface area contributed by atoms with Crippen LogP contribution >= 0.6 is 15.9 Å². The van der Waals surface area contributed by atoms with Crippen molar-refractivity contribution in [3.8, 4) is 0 Å². The van der Waals surface area contributed by atoms with Crippen molar-refractivity contribution in [1.29, 1.82) is 0 Å². The number of hydrogen-bond donors (Lipinski definition) is 2. The van der Waals surface area contributed by atoms with Crippen LogP contribution in [0.4, 0.5) is 15.8 Å². The van der Waals surface area contributed by atoms with Crippen LogP contribution in [0.5, 0.6) is 0 Å². The van der Waals surface area contributed by atoms with Gasteiger partial charge < -0.3 is 10.6 Å². The van der Waals surface area contributed by atoms with Gasteiger partial charge in [0.1, 0.15) is 5.82 Å². The normalized spacial score (nSPS) is 10.2. The maximum Gasteiger partial charge on any atom is 0.255 e. The van der Waals surface area contributed by atoms with E-state index in [9.17, 15) is 9.18 Å². The molecule has 3 nitrogen and oxygen atoms in total. The highest BCUT2D eigenvalue weighted by molar-refractivity contribution is 9.10. The topological polar surface area (TPSA) is 41.1 Å². The lowest BCUT2D eigenvalue weighted by molar-refractivity contribution is 0.102. The monoisotopic (exact) mass is 336 g/mol. The van der Waals surface area contributed by atoms with E-state index < -0.39 is 5.82 Å². The van der Waals surface area contributed by atoms with Crippen molar-refractivity contribution >= 4 is 33.2 Å². The van der Waals surface area contributed by atoms with Gasteiger partial charge in [-0.15, -0.1) is 0 Å². The van der Waals surface area contributed by atoms with Gasteiger partial charge in [0.15, 0.2) is 0 Å². The molecule has 20 heavy (non-hydrogen) atoms. The number of rotatable bonds is 3. The molecule has 0 aliphatic carbocycles. The predicted octanol–water partition coefficient (Wildman–Crippen LogP) is 4.19. The van der Waals surface area contributed by atoms with Gasteiger partial charge in [0.05, 0.1) is 5.69 Å². The maximum atomic E-state index is 13.7. The molecule has 0 aromatic heterocycles. The Morgan fingerprint density at radius 3 is 2.45 bits per heavy atom. The SMILES string of the molecule is CNc1ccc(C(=O)Nc2ccc(Br)cc2F)cc1C. The molecule has 2 N–H and O–H groups in total. The number of halogens is 2. The van der Waals surface area contributed by atoms with Crippen LogP contribution in [0.2, 0.25) is 0 Å². The molecule has 1 amide bonds. The first kappa shape index (κ1) is 14.5. The third-order valence-corrected chi connectivity index (χ3v) is 3.43. The first-order valence-electron chi connectivity index (χ1n) is 6.06. The molecule has 0 aliphatic rings. The van der Waals surface area contributed by atoms with Crippen molar-refractivity contribution in [2.75, 3.05) is 17.7 Å². The van der Waals surface area contributed by atoms with Crippen LogP contribution in [-0.4, -0.2) is 13.0 Å². The first-order chi connectivity index (χ1) is 9.51. The van der Waals surface area contributed by atoms with Crippen molar-refractivity contribution in [2.45, 2.75) is 6.92 Å². The molecule has 0 fully saturated rings. The van der Waals surface area contributed by atoms with Gasteiger partial charge in [-0.1, -0.05) is 15.9 Å². The minimum atomic E-state index is -0.476. The highest BCUT2D eigenvalue weighted by Crippen LogP contribution is 2.21. The zero-order valence-electron chi connectivity index (χ0n) is 11.1. The number of anilines is 2. The Kier molecular flexibility index (Phi) is 4.39. The summed E-state index contributed by atoms with van der Waals surface area (Å²) in [4.78, 5) is 12.1.